The van der Waals surface area contributed by atoms with Gasteiger partial charge >= 0.3 is 69.5 Å². The monoisotopic (exact) mass is 536 g/mol. The second-order valence-electron chi connectivity index (χ2n) is 6.51. The summed E-state index contributed by atoms with van der Waals surface area (Å²) in [6.45, 7) is 4.58. The van der Waals surface area contributed by atoms with Gasteiger partial charge in [-0.15, -0.1) is 10.5 Å². The second kappa shape index (κ2) is 14.4. The fraction of sp³-hybridized carbons (Fsp3) is 1.00. The molecule has 148 valence electrons. The molecule has 2 aliphatic rings. The third-order valence-electron chi connectivity index (χ3n) is 3.80. The van der Waals surface area contributed by atoms with Crippen LogP contribution in [0.3, 0.4) is 0 Å². The molecule has 0 aromatic carbocycles. The van der Waals surface area contributed by atoms with Gasteiger partial charge in [-0.3, -0.25) is 0 Å². The van der Waals surface area contributed by atoms with Crippen molar-refractivity contribution >= 4 is 66.1 Å². The van der Waals surface area contributed by atoms with Gasteiger partial charge in [0.05, 0.1) is 0 Å². The van der Waals surface area contributed by atoms with E-state index in [1.807, 2.05) is 0 Å². The summed E-state index contributed by atoms with van der Waals surface area (Å²) in [4.78, 5) is 0. The molecule has 25 heavy (non-hydrogen) atoms. The molecule has 2 aliphatic heterocycles. The Morgan fingerprint density at radius 3 is 1.32 bits per heavy atom. The zero-order valence-electron chi connectivity index (χ0n) is 15.4. The van der Waals surface area contributed by atoms with Crippen molar-refractivity contribution in [3.63, 3.8) is 0 Å². The molecule has 2 unspecified atom stereocenters. The van der Waals surface area contributed by atoms with Crippen molar-refractivity contribution in [1.82, 2.24) is 0 Å². The SMILES string of the molecule is CCC[CH2][Sn+2][CH2]CCC.O=S1(=O)CCC([S-])C1.O=S1(=O)CCC([S-])C1. The summed E-state index contributed by atoms with van der Waals surface area (Å²) in [7, 11) is -5.40. The summed E-state index contributed by atoms with van der Waals surface area (Å²) in [5.74, 6) is 1.06. The van der Waals surface area contributed by atoms with E-state index in [2.05, 4.69) is 13.8 Å². The molecule has 2 atom stereocenters. The molecule has 0 bridgehead atoms. The Morgan fingerprint density at radius 1 is 0.800 bits per heavy atom. The van der Waals surface area contributed by atoms with Gasteiger partial charge in [-0.05, 0) is 0 Å². The summed E-state index contributed by atoms with van der Waals surface area (Å²) >= 11 is 9.69. The molecule has 0 aromatic heterocycles. The molecule has 2 heterocycles. The number of sulfone groups is 2. The molecule has 0 aliphatic carbocycles. The summed E-state index contributed by atoms with van der Waals surface area (Å²) in [5, 5.41) is -0.0278. The minimum Gasteiger partial charge on any atom is -0.788 e. The predicted molar refractivity (Wildman–Crippen MR) is 114 cm³/mol. The minimum atomic E-state index is -2.70. The first kappa shape index (κ1) is 26.4. The van der Waals surface area contributed by atoms with Gasteiger partial charge in [0.25, 0.3) is 0 Å². The van der Waals surface area contributed by atoms with Gasteiger partial charge in [-0.25, -0.2) is 16.8 Å². The summed E-state index contributed by atoms with van der Waals surface area (Å²) in [5.41, 5.74) is 0. The third kappa shape index (κ3) is 16.1. The van der Waals surface area contributed by atoms with Crippen LogP contribution in [0.4, 0.5) is 0 Å². The summed E-state index contributed by atoms with van der Waals surface area (Å²) in [6.07, 6.45) is 7.20. The second-order valence-corrected chi connectivity index (χ2v) is 16.6. The standard InChI is InChI=1S/2C4H8O2S2.2C4H9.Sn/c2*5-8(6)2-1-4(7)3-8;2*1-3-4-2;/h2*4,7H,1-3H2;2*1,3-4H2,2H3;/q;;;;+2/p-2. The van der Waals surface area contributed by atoms with Crippen molar-refractivity contribution in [2.24, 2.45) is 0 Å². The van der Waals surface area contributed by atoms with Gasteiger partial charge in [0.2, 0.25) is 0 Å². The molecule has 0 amide bonds. The van der Waals surface area contributed by atoms with E-state index in [4.69, 9.17) is 25.3 Å². The number of hydrogen-bond donors (Lipinski definition) is 0. The van der Waals surface area contributed by atoms with Crippen LogP contribution in [0.5, 0.6) is 0 Å². The van der Waals surface area contributed by atoms with Crippen molar-refractivity contribution in [2.45, 2.75) is 71.7 Å². The van der Waals surface area contributed by atoms with E-state index in [9.17, 15) is 16.8 Å². The zero-order valence-corrected chi connectivity index (χ0v) is 21.5. The molecule has 2 fully saturated rings. The molecule has 0 spiro atoms. The fourth-order valence-electron chi connectivity index (χ4n) is 2.25. The van der Waals surface area contributed by atoms with Crippen LogP contribution in [0.15, 0.2) is 0 Å². The molecular formula is C16H32O4S4Sn. The zero-order chi connectivity index (χ0) is 19.3. The van der Waals surface area contributed by atoms with Crippen LogP contribution in [-0.4, -0.2) is 71.5 Å². The average Bonchev–Trinajstić information content (AvgIpc) is 3.00. The van der Waals surface area contributed by atoms with E-state index in [0.29, 0.717) is 24.3 Å². The van der Waals surface area contributed by atoms with E-state index in [-0.39, 0.29) is 43.1 Å². The number of rotatable bonds is 6. The maximum absolute atomic E-state index is 10.6. The smallest absolute Gasteiger partial charge is 0.148 e. The molecule has 9 heteroatoms. The third-order valence-corrected chi connectivity index (χ3v) is 12.6. The van der Waals surface area contributed by atoms with Gasteiger partial charge in [-0.2, -0.15) is 0 Å². The van der Waals surface area contributed by atoms with Crippen molar-refractivity contribution in [2.75, 3.05) is 23.0 Å². The van der Waals surface area contributed by atoms with Gasteiger partial charge < -0.3 is 25.3 Å². The predicted octanol–water partition coefficient (Wildman–Crippen LogP) is 2.57. The van der Waals surface area contributed by atoms with Crippen LogP contribution in [-0.2, 0) is 44.9 Å². The Kier molecular flexibility index (Phi) is 15.2. The van der Waals surface area contributed by atoms with E-state index in [1.165, 1.54) is 25.7 Å². The first-order chi connectivity index (χ1) is 11.6. The normalized spacial score (nSPS) is 25.9. The summed E-state index contributed by atoms with van der Waals surface area (Å²) in [6, 6.07) is 0. The van der Waals surface area contributed by atoms with Crippen LogP contribution < -0.4 is 0 Å². The number of unbranched alkanes of at least 4 members (excludes halogenated alkanes) is 2. The Hall–Kier alpha value is 1.40. The first-order valence-electron chi connectivity index (χ1n) is 9.05. The Labute approximate surface area is 176 Å². The maximum Gasteiger partial charge on any atom is 0.148 e. The Balaban J connectivity index is 0.000000346. The van der Waals surface area contributed by atoms with E-state index in [0.717, 1.165) is 0 Å². The molecule has 2 rings (SSSR count). The van der Waals surface area contributed by atoms with E-state index < -0.39 is 19.7 Å². The Bertz CT molecular complexity index is 486. The van der Waals surface area contributed by atoms with Crippen LogP contribution in [0.1, 0.15) is 52.4 Å². The van der Waals surface area contributed by atoms with Crippen molar-refractivity contribution in [3.05, 3.63) is 0 Å². The maximum atomic E-state index is 10.6. The average molecular weight is 535 g/mol. The number of hydrogen-bond acceptors (Lipinski definition) is 6. The van der Waals surface area contributed by atoms with Crippen molar-refractivity contribution < 1.29 is 16.8 Å². The van der Waals surface area contributed by atoms with Gasteiger partial charge in [0.1, 0.15) is 19.7 Å². The molecule has 0 N–H and O–H groups in total. The molecule has 0 saturated carbocycles. The van der Waals surface area contributed by atoms with E-state index in [1.54, 1.807) is 8.87 Å². The van der Waals surface area contributed by atoms with Gasteiger partial charge in [-0.1, -0.05) is 12.8 Å². The minimum absolute atomic E-state index is 0.0139. The van der Waals surface area contributed by atoms with Gasteiger partial charge in [0, 0.05) is 23.0 Å². The summed E-state index contributed by atoms with van der Waals surface area (Å²) < 4.78 is 45.5. The molecule has 0 radical (unpaired) electrons. The fourth-order valence-corrected chi connectivity index (χ4v) is 11.3. The van der Waals surface area contributed by atoms with Crippen LogP contribution >= 0.6 is 0 Å². The van der Waals surface area contributed by atoms with Crippen molar-refractivity contribution in [1.29, 1.82) is 0 Å². The molecular weight excluding hydrogens is 503 g/mol. The van der Waals surface area contributed by atoms with Crippen molar-refractivity contribution in [3.8, 4) is 0 Å². The molecule has 0 aromatic rings. The molecule has 2 saturated heterocycles. The molecule has 4 nitrogen and oxygen atoms in total. The van der Waals surface area contributed by atoms with Crippen LogP contribution in [0.2, 0.25) is 8.87 Å². The van der Waals surface area contributed by atoms with Crippen LogP contribution in [0, 0.1) is 0 Å². The van der Waals surface area contributed by atoms with Gasteiger partial charge in [0.15, 0.2) is 0 Å². The Morgan fingerprint density at radius 2 is 1.16 bits per heavy atom. The largest absolute Gasteiger partial charge is 0.788 e. The quantitative estimate of drug-likeness (QED) is 0.296. The van der Waals surface area contributed by atoms with Crippen LogP contribution in [0.25, 0.3) is 0 Å². The van der Waals surface area contributed by atoms with E-state index >= 15 is 0 Å². The first-order valence-corrected chi connectivity index (χ1v) is 17.7. The topological polar surface area (TPSA) is 68.3 Å².